The molecule has 1 N–H and O–H groups in total. The maximum atomic E-state index is 12.5. The molecule has 0 aliphatic heterocycles. The van der Waals surface area contributed by atoms with Crippen LogP contribution in [0.3, 0.4) is 0 Å². The smallest absolute Gasteiger partial charge is 0.284 e. The first kappa shape index (κ1) is 14.1. The Morgan fingerprint density at radius 2 is 1.94 bits per heavy atom. The molecule has 0 heterocycles. The second-order valence-corrected chi connectivity index (χ2v) is 5.62. The quantitative estimate of drug-likeness (QED) is 0.928. The minimum absolute atomic E-state index is 0.163. The van der Waals surface area contributed by atoms with E-state index in [2.05, 4.69) is 0 Å². The second-order valence-electron chi connectivity index (χ2n) is 3.20. The molecular weight excluding hydrogens is 279 g/mol. The monoisotopic (exact) mass is 287 g/mol. The van der Waals surface area contributed by atoms with E-state index in [1.54, 1.807) is 0 Å². The van der Waals surface area contributed by atoms with Gasteiger partial charge >= 0.3 is 6.18 Å². The molecule has 1 aromatic carbocycles. The summed E-state index contributed by atoms with van der Waals surface area (Å²) < 4.78 is 61.8. The van der Waals surface area contributed by atoms with Gasteiger partial charge in [-0.2, -0.15) is 13.2 Å². The zero-order chi connectivity index (χ0) is 13.3. The predicted molar refractivity (Wildman–Crippen MR) is 59.5 cm³/mol. The lowest BCUT2D eigenvalue weighted by Gasteiger charge is -2.12. The molecule has 0 radical (unpaired) electrons. The molecule has 17 heavy (non-hydrogen) atoms. The zero-order valence-electron chi connectivity index (χ0n) is 8.68. The van der Waals surface area contributed by atoms with E-state index >= 15 is 0 Å². The number of benzene rings is 1. The molecule has 8 heteroatoms. The summed E-state index contributed by atoms with van der Waals surface area (Å²) in [5.74, 6) is -0.225. The van der Waals surface area contributed by atoms with E-state index in [1.165, 1.54) is 13.0 Å². The van der Waals surface area contributed by atoms with Gasteiger partial charge in [-0.3, -0.25) is 4.72 Å². The van der Waals surface area contributed by atoms with Crippen LogP contribution in [-0.2, 0) is 16.2 Å². The van der Waals surface area contributed by atoms with Crippen LogP contribution in [0.5, 0.6) is 0 Å². The van der Waals surface area contributed by atoms with Crippen LogP contribution < -0.4 is 4.72 Å². The first-order chi connectivity index (χ1) is 7.65. The van der Waals surface area contributed by atoms with Crippen molar-refractivity contribution in [3.8, 4) is 0 Å². The van der Waals surface area contributed by atoms with Crippen molar-refractivity contribution in [2.75, 3.05) is 10.5 Å². The van der Waals surface area contributed by atoms with Crippen LogP contribution in [0.1, 0.15) is 12.5 Å². The summed E-state index contributed by atoms with van der Waals surface area (Å²) in [4.78, 5) is 0. The average Bonchev–Trinajstić information content (AvgIpc) is 2.19. The number of rotatable bonds is 3. The summed E-state index contributed by atoms with van der Waals surface area (Å²) in [6.45, 7) is 1.38. The van der Waals surface area contributed by atoms with Crippen molar-refractivity contribution >= 4 is 27.3 Å². The van der Waals surface area contributed by atoms with E-state index < -0.39 is 26.8 Å². The second kappa shape index (κ2) is 4.73. The number of halogens is 4. The molecule has 0 saturated heterocycles. The lowest BCUT2D eigenvalue weighted by molar-refractivity contribution is -0.137. The van der Waals surface area contributed by atoms with E-state index in [0.717, 1.165) is 6.07 Å². The molecule has 1 aromatic rings. The molecule has 3 nitrogen and oxygen atoms in total. The topological polar surface area (TPSA) is 46.2 Å². The van der Waals surface area contributed by atoms with Gasteiger partial charge in [0.2, 0.25) is 10.0 Å². The summed E-state index contributed by atoms with van der Waals surface area (Å²) in [6, 6.07) is 2.83. The standard InChI is InChI=1S/C9H9ClF3NO2S/c1-2-17(15,16)14-6-3-4-8(10)7(5-6)9(11,12)13/h3-5,14H,2H2,1H3. The highest BCUT2D eigenvalue weighted by Gasteiger charge is 2.33. The van der Waals surface area contributed by atoms with Crippen molar-refractivity contribution in [1.29, 1.82) is 0 Å². The van der Waals surface area contributed by atoms with E-state index in [4.69, 9.17) is 11.6 Å². The third kappa shape index (κ3) is 3.78. The fourth-order valence-corrected chi connectivity index (χ4v) is 1.91. The molecule has 0 atom stereocenters. The first-order valence-corrected chi connectivity index (χ1v) is 6.56. The Morgan fingerprint density at radius 1 is 1.35 bits per heavy atom. The van der Waals surface area contributed by atoms with Crippen LogP contribution in [0.4, 0.5) is 18.9 Å². The Hall–Kier alpha value is -0.950. The summed E-state index contributed by atoms with van der Waals surface area (Å²) in [6.07, 6.45) is -4.62. The number of anilines is 1. The van der Waals surface area contributed by atoms with Crippen molar-refractivity contribution in [1.82, 2.24) is 0 Å². The SMILES string of the molecule is CCS(=O)(=O)Nc1ccc(Cl)c(C(F)(F)F)c1. The molecule has 96 valence electrons. The minimum atomic E-state index is -4.62. The molecular formula is C9H9ClF3NO2S. The van der Waals surface area contributed by atoms with Crippen molar-refractivity contribution in [2.45, 2.75) is 13.1 Å². The Kier molecular flexibility index (Phi) is 3.93. The highest BCUT2D eigenvalue weighted by Crippen LogP contribution is 2.36. The molecule has 0 aromatic heterocycles. The molecule has 0 bridgehead atoms. The summed E-state index contributed by atoms with van der Waals surface area (Å²) >= 11 is 5.39. The van der Waals surface area contributed by atoms with E-state index in [1.807, 2.05) is 4.72 Å². The van der Waals surface area contributed by atoms with Gasteiger partial charge in [0.25, 0.3) is 0 Å². The number of nitrogens with one attached hydrogen (secondary N) is 1. The first-order valence-electron chi connectivity index (χ1n) is 4.53. The molecule has 0 amide bonds. The molecule has 0 unspecified atom stereocenters. The average molecular weight is 288 g/mol. The molecule has 0 aliphatic rings. The number of alkyl halides is 3. The third-order valence-electron chi connectivity index (χ3n) is 1.93. The number of sulfonamides is 1. The number of hydrogen-bond donors (Lipinski definition) is 1. The zero-order valence-corrected chi connectivity index (χ0v) is 10.2. The van der Waals surface area contributed by atoms with Gasteiger partial charge in [0.05, 0.1) is 16.3 Å². The highest BCUT2D eigenvalue weighted by molar-refractivity contribution is 7.92. The Balaban J connectivity index is 3.14. The van der Waals surface area contributed by atoms with Gasteiger partial charge in [0.1, 0.15) is 0 Å². The van der Waals surface area contributed by atoms with E-state index in [-0.39, 0.29) is 11.4 Å². The molecule has 0 fully saturated rings. The predicted octanol–water partition coefficient (Wildman–Crippen LogP) is 3.12. The largest absolute Gasteiger partial charge is 0.417 e. The van der Waals surface area contributed by atoms with Crippen LogP contribution in [0, 0.1) is 0 Å². The third-order valence-corrected chi connectivity index (χ3v) is 3.56. The Morgan fingerprint density at radius 3 is 2.41 bits per heavy atom. The molecule has 0 spiro atoms. The summed E-state index contributed by atoms with van der Waals surface area (Å²) in [7, 11) is -3.61. The Labute approximate surface area is 102 Å². The molecule has 0 saturated carbocycles. The van der Waals surface area contributed by atoms with Gasteiger partial charge in [-0.25, -0.2) is 8.42 Å². The maximum absolute atomic E-state index is 12.5. The van der Waals surface area contributed by atoms with Crippen LogP contribution in [0.2, 0.25) is 5.02 Å². The van der Waals surface area contributed by atoms with Crippen molar-refractivity contribution in [3.63, 3.8) is 0 Å². The van der Waals surface area contributed by atoms with Gasteiger partial charge in [-0.15, -0.1) is 0 Å². The van der Waals surface area contributed by atoms with Crippen LogP contribution in [0.25, 0.3) is 0 Å². The van der Waals surface area contributed by atoms with Gasteiger partial charge in [-0.05, 0) is 25.1 Å². The summed E-state index contributed by atoms with van der Waals surface area (Å²) in [5.41, 5.74) is -1.24. The van der Waals surface area contributed by atoms with Gasteiger partial charge in [-0.1, -0.05) is 11.6 Å². The van der Waals surface area contributed by atoms with Crippen molar-refractivity contribution in [2.24, 2.45) is 0 Å². The van der Waals surface area contributed by atoms with E-state index in [9.17, 15) is 21.6 Å². The van der Waals surface area contributed by atoms with Gasteiger partial charge in [0.15, 0.2) is 0 Å². The van der Waals surface area contributed by atoms with Crippen LogP contribution >= 0.6 is 11.6 Å². The van der Waals surface area contributed by atoms with Crippen LogP contribution in [0.15, 0.2) is 18.2 Å². The van der Waals surface area contributed by atoms with E-state index in [0.29, 0.717) is 6.07 Å². The maximum Gasteiger partial charge on any atom is 0.417 e. The fourth-order valence-electron chi connectivity index (χ4n) is 1.06. The normalized spacial score (nSPS) is 12.5. The Bertz CT molecular complexity index is 513. The molecule has 1 rings (SSSR count). The van der Waals surface area contributed by atoms with Crippen molar-refractivity contribution < 1.29 is 21.6 Å². The van der Waals surface area contributed by atoms with Gasteiger partial charge in [0, 0.05) is 5.69 Å². The summed E-state index contributed by atoms with van der Waals surface area (Å²) in [5, 5.41) is -0.475. The lowest BCUT2D eigenvalue weighted by atomic mass is 10.2. The highest BCUT2D eigenvalue weighted by atomic mass is 35.5. The lowest BCUT2D eigenvalue weighted by Crippen LogP contribution is -2.15. The number of hydrogen-bond acceptors (Lipinski definition) is 2. The van der Waals surface area contributed by atoms with Crippen molar-refractivity contribution in [3.05, 3.63) is 28.8 Å². The van der Waals surface area contributed by atoms with Gasteiger partial charge < -0.3 is 0 Å². The molecule has 0 aliphatic carbocycles. The van der Waals surface area contributed by atoms with Crippen LogP contribution in [-0.4, -0.2) is 14.2 Å². The fraction of sp³-hybridized carbons (Fsp3) is 0.333. The minimum Gasteiger partial charge on any atom is -0.284 e.